The van der Waals surface area contributed by atoms with Crippen LogP contribution in [0.3, 0.4) is 0 Å². The monoisotopic (exact) mass is 1490 g/mol. The molecule has 534 valence electrons. The molecular weight excluding hydrogens is 1410 g/mol. The van der Waals surface area contributed by atoms with Crippen LogP contribution in [0.15, 0.2) is 78.4 Å². The van der Waals surface area contributed by atoms with Crippen LogP contribution < -0.4 is 22.1 Å². The number of esters is 5. The lowest BCUT2D eigenvalue weighted by Gasteiger charge is -2.19. The minimum Gasteiger partial charge on any atom is -0.477 e. The number of ketones is 1. The quantitative estimate of drug-likeness (QED) is 0.0159. The van der Waals surface area contributed by atoms with Crippen molar-refractivity contribution in [3.05, 3.63) is 119 Å². The van der Waals surface area contributed by atoms with Crippen LogP contribution >= 0.6 is 82.0 Å². The number of nitrogens with two attached hydrogens (primary N) is 2. The van der Waals surface area contributed by atoms with Gasteiger partial charge in [-0.1, -0.05) is 12.5 Å². The molecule has 0 aromatic carbocycles. The zero-order valence-electron chi connectivity index (χ0n) is 58.8. The fraction of sp³-hybridized carbons (Fsp3) is 0.418. The van der Waals surface area contributed by atoms with Crippen molar-refractivity contribution in [2.75, 3.05) is 22.1 Å². The van der Waals surface area contributed by atoms with Gasteiger partial charge in [0.1, 0.15) is 91.8 Å². The molecule has 0 fully saturated rings. The maximum Gasteiger partial charge on any atom is 0.349 e. The van der Waals surface area contributed by atoms with Gasteiger partial charge in [-0.15, -0.1) is 45.3 Å². The summed E-state index contributed by atoms with van der Waals surface area (Å²) in [6, 6.07) is 8.00. The van der Waals surface area contributed by atoms with E-state index in [4.69, 9.17) is 55.7 Å². The number of nitrogen functional groups attached to an aromatic ring is 2. The molecule has 6 rings (SSSR count). The van der Waals surface area contributed by atoms with E-state index in [2.05, 4.69) is 82.6 Å². The maximum absolute atomic E-state index is 12.3. The van der Waals surface area contributed by atoms with Crippen LogP contribution in [0.4, 0.5) is 37.1 Å². The van der Waals surface area contributed by atoms with Gasteiger partial charge in [0.2, 0.25) is 0 Å². The van der Waals surface area contributed by atoms with Crippen LogP contribution in [0.2, 0.25) is 0 Å². The van der Waals surface area contributed by atoms with Crippen LogP contribution in [-0.4, -0.2) is 102 Å². The van der Waals surface area contributed by atoms with E-state index in [-0.39, 0.29) is 47.0 Å². The number of carbonyl (C=O) groups excluding carboxylic acids is 8. The molecule has 0 atom stereocenters. The number of amides is 2. The summed E-state index contributed by atoms with van der Waals surface area (Å²) >= 11 is 18.1. The smallest absolute Gasteiger partial charge is 0.349 e. The fourth-order valence-electron chi connectivity index (χ4n) is 7.01. The van der Waals surface area contributed by atoms with E-state index in [1.807, 2.05) is 69.2 Å². The third-order valence-electron chi connectivity index (χ3n) is 10.6. The number of aromatic carboxylic acids is 1. The Kier molecular flexibility index (Phi) is 35.2. The number of ether oxygens (including phenoxy) is 5. The molecule has 25 nitrogen and oxygen atoms in total. The minimum absolute atomic E-state index is 0.0868. The summed E-state index contributed by atoms with van der Waals surface area (Å²) in [5, 5.41) is 22.8. The average Bonchev–Trinajstić information content (AvgIpc) is 1.68. The molecule has 7 N–H and O–H groups in total. The highest BCUT2D eigenvalue weighted by Crippen LogP contribution is 2.42. The molecule has 32 heteroatoms. The Morgan fingerprint density at radius 2 is 0.909 bits per heavy atom. The van der Waals surface area contributed by atoms with Gasteiger partial charge in [0.25, 0.3) is 11.8 Å². The van der Waals surface area contributed by atoms with Crippen LogP contribution in [0.5, 0.6) is 0 Å². The predicted molar refractivity (Wildman–Crippen MR) is 397 cm³/mol. The molecule has 99 heavy (non-hydrogen) atoms. The van der Waals surface area contributed by atoms with Gasteiger partial charge in [0.05, 0.1) is 46.0 Å². The Morgan fingerprint density at radius 1 is 0.556 bits per heavy atom. The number of Topliss-reactive ketones (excluding diaryl/α,β-unsaturated/α-hetero) is 1. The molecule has 0 unspecified atom stereocenters. The average molecular weight is 1500 g/mol. The highest BCUT2D eigenvalue weighted by Gasteiger charge is 2.29. The highest BCUT2D eigenvalue weighted by atomic mass is 32.1. The van der Waals surface area contributed by atoms with Crippen molar-refractivity contribution < 1.29 is 80.8 Å². The summed E-state index contributed by atoms with van der Waals surface area (Å²) < 4.78 is 35.9. The number of isothiocyanates is 3. The Morgan fingerprint density at radius 3 is 1.24 bits per heavy atom. The normalized spacial score (nSPS) is 10.9. The summed E-state index contributed by atoms with van der Waals surface area (Å²) in [5.74, 6) is -3.84. The third-order valence-corrected chi connectivity index (χ3v) is 15.4. The van der Waals surface area contributed by atoms with Crippen molar-refractivity contribution in [1.82, 2.24) is 0 Å². The van der Waals surface area contributed by atoms with Crippen molar-refractivity contribution >= 4 is 188 Å². The largest absolute Gasteiger partial charge is 0.477 e. The van der Waals surface area contributed by atoms with Crippen LogP contribution in [0.25, 0.3) is 4.85 Å². The molecule has 0 bridgehead atoms. The molecule has 0 aliphatic rings. The van der Waals surface area contributed by atoms with Gasteiger partial charge in [-0.05, 0) is 211 Å². The topological polar surface area (TPSA) is 364 Å². The van der Waals surface area contributed by atoms with Gasteiger partial charge < -0.3 is 59.7 Å². The van der Waals surface area contributed by atoms with Crippen molar-refractivity contribution in [2.45, 2.75) is 186 Å². The number of rotatable bonds is 15. The first-order chi connectivity index (χ1) is 45.5. The summed E-state index contributed by atoms with van der Waals surface area (Å²) in [6.07, 6.45) is 4.17. The lowest BCUT2D eigenvalue weighted by atomic mass is 10.2. The first kappa shape index (κ1) is 88.0. The zero-order chi connectivity index (χ0) is 76.3. The first-order valence-electron chi connectivity index (χ1n) is 29.3. The fourth-order valence-corrected chi connectivity index (χ4v) is 11.0. The second-order valence-corrected chi connectivity index (χ2v) is 30.2. The molecule has 6 aromatic heterocycles. The number of nitrogens with one attached hydrogen (secondary N) is 2. The predicted octanol–water partition coefficient (Wildman–Crippen LogP) is 17.7. The number of thiophene rings is 4. The summed E-state index contributed by atoms with van der Waals surface area (Å²) in [4.78, 5) is 120. The van der Waals surface area contributed by atoms with Gasteiger partial charge in [-0.3, -0.25) is 24.0 Å². The van der Waals surface area contributed by atoms with Crippen molar-refractivity contribution in [2.24, 2.45) is 15.0 Å². The number of nitrogens with zero attached hydrogens (tertiary/aromatic N) is 4. The Balaban J connectivity index is 0.000000606. The van der Waals surface area contributed by atoms with Crippen LogP contribution in [-0.2, 0) is 38.1 Å². The molecule has 0 aliphatic carbocycles. The van der Waals surface area contributed by atoms with Crippen LogP contribution in [0.1, 0.15) is 213 Å². The number of carbonyl (C=O) groups is 9. The van der Waals surface area contributed by atoms with E-state index >= 15 is 0 Å². The second-order valence-electron chi connectivity index (χ2n) is 25.5. The summed E-state index contributed by atoms with van der Waals surface area (Å²) in [5.41, 5.74) is 13.3. The van der Waals surface area contributed by atoms with E-state index in [1.165, 1.54) is 49.1 Å². The van der Waals surface area contributed by atoms with E-state index in [1.54, 1.807) is 87.4 Å². The number of carboxylic acid groups (broad SMARTS) is 1. The Labute approximate surface area is 607 Å². The molecule has 0 saturated heterocycles. The number of hydrogen-bond acceptors (Lipinski definition) is 28. The number of anilines is 4. The number of hydrogen-bond donors (Lipinski definition) is 5. The number of aliphatic imine (C=N–C) groups is 3. The number of aryl methyl sites for hydroxylation is 1. The number of thiocarbonyl (C=S) groups is 3. The van der Waals surface area contributed by atoms with E-state index in [0.29, 0.717) is 68.4 Å². The molecule has 0 saturated carbocycles. The number of furan rings is 2. The Bertz CT molecular complexity index is 4070. The molecule has 0 radical (unpaired) electrons. The third kappa shape index (κ3) is 33.4. The highest BCUT2D eigenvalue weighted by molar-refractivity contribution is 7.78. The molecule has 0 aliphatic heterocycles. The van der Waals surface area contributed by atoms with Crippen molar-refractivity contribution in [1.29, 1.82) is 0 Å². The lowest BCUT2D eigenvalue weighted by molar-refractivity contribution is -0.156. The summed E-state index contributed by atoms with van der Waals surface area (Å²) in [7, 11) is 0. The molecule has 6 aromatic rings. The zero-order valence-corrected chi connectivity index (χ0v) is 64.5. The van der Waals surface area contributed by atoms with Crippen molar-refractivity contribution in [3.8, 4) is 0 Å². The van der Waals surface area contributed by atoms with Gasteiger partial charge >= 0.3 is 35.8 Å². The number of carboxylic acids is 1. The van der Waals surface area contributed by atoms with Gasteiger partial charge in [-0.2, -0.15) is 15.0 Å². The van der Waals surface area contributed by atoms with Gasteiger partial charge in [0.15, 0.2) is 17.7 Å². The first-order valence-corrected chi connectivity index (χ1v) is 33.8. The SMILES string of the molecule is CC(=O)CC(=O)OC(C)(C)C.Cc1c(C(=O)O)sc(NC(=O)c2ccco2)c1N=C=S.Cc1c(C(=O)OC(C)(C)C)sc(N)c1N=C=S.Cc1c(C(=O)OC(C)(C)C)sc(NC(=O)c2ccco2)c1N=C=S.Cc1cc(N)sc1C(=O)OC(C)(C)C.[C-]#[N+]C=C(C)CC(=O)OC(C)(C)C. The maximum atomic E-state index is 12.3. The molecule has 2 amide bonds. The minimum atomic E-state index is -1.09. The van der Waals surface area contributed by atoms with Crippen molar-refractivity contribution in [3.63, 3.8) is 0 Å². The molecular formula is C67H82N8O17S7. The van der Waals surface area contributed by atoms with Crippen LogP contribution in [0, 0.1) is 34.3 Å². The standard InChI is InChI=1S/C16H16N2O4S2.C12H8N2O4S2.C11H14N2O2S2.C10H15NO2S.C10H15NO2.C8H14O3/c1-9-11(17-8-23)14(18-13(19)10-6-5-7-21-10)24-12(9)15(20)22-16(2,3)4;1-6-8(13-5-19)11(20-9(6)12(16)17)14-10(15)7-3-2-4-18-7;1-6-7(13-5-16)9(12)17-8(6)10(14)15-11(2,3)4;1-6-5-7(11)14-8(6)9(12)13-10(2,3)4;1-8(7-11-5)6-9(12)13-10(2,3)4;1-6(9)5-7(10)11-8(2,3)4/h5-7H,1-4H3,(H,18,19);2-4H,1H3,(H,14,15)(H,16,17);12H2,1-4H3;5H,11H2,1-4H3;7H,6H2,1-4H3;5H2,1-4H3. The van der Waals surface area contributed by atoms with E-state index in [9.17, 15) is 43.2 Å². The summed E-state index contributed by atoms with van der Waals surface area (Å²) in [6.45, 7) is 43.7. The lowest BCUT2D eigenvalue weighted by Crippen LogP contribution is -2.24. The molecule has 6 heterocycles. The van der Waals surface area contributed by atoms with E-state index in [0.717, 1.165) is 45.1 Å². The second kappa shape index (κ2) is 39.6. The van der Waals surface area contributed by atoms with Gasteiger partial charge in [0, 0.05) is 16.7 Å². The Hall–Kier alpha value is -8.98. The van der Waals surface area contributed by atoms with Gasteiger partial charge in [-0.25, -0.2) is 24.0 Å². The van der Waals surface area contributed by atoms with E-state index < -0.39 is 63.7 Å². The molecule has 0 spiro atoms.